The summed E-state index contributed by atoms with van der Waals surface area (Å²) in [6, 6.07) is 17.4. The van der Waals surface area contributed by atoms with Gasteiger partial charge in [0.25, 0.3) is 15.6 Å². The highest BCUT2D eigenvalue weighted by Gasteiger charge is 2.39. The van der Waals surface area contributed by atoms with Gasteiger partial charge in [-0.1, -0.05) is 30.3 Å². The van der Waals surface area contributed by atoms with Gasteiger partial charge in [0.15, 0.2) is 5.37 Å². The molecule has 39 heavy (non-hydrogen) atoms. The Kier molecular flexibility index (Phi) is 6.39. The number of para-hydroxylation sites is 1. The topological polar surface area (TPSA) is 100 Å². The summed E-state index contributed by atoms with van der Waals surface area (Å²) in [5.41, 5.74) is 3.95. The van der Waals surface area contributed by atoms with E-state index in [0.29, 0.717) is 28.5 Å². The van der Waals surface area contributed by atoms with Crippen molar-refractivity contribution in [2.24, 2.45) is 0 Å². The van der Waals surface area contributed by atoms with Crippen LogP contribution in [0.1, 0.15) is 40.8 Å². The van der Waals surface area contributed by atoms with Gasteiger partial charge >= 0.3 is 0 Å². The van der Waals surface area contributed by atoms with Gasteiger partial charge in [-0.2, -0.15) is 4.98 Å². The first-order chi connectivity index (χ1) is 18.7. The lowest BCUT2D eigenvalue weighted by molar-refractivity contribution is 0.251. The number of piperidine rings is 1. The van der Waals surface area contributed by atoms with E-state index in [1.54, 1.807) is 25.3 Å². The number of aromatic nitrogens is 3. The highest BCUT2D eigenvalue weighted by Crippen LogP contribution is 2.37. The van der Waals surface area contributed by atoms with Crippen molar-refractivity contribution in [3.05, 3.63) is 87.8 Å². The molecule has 0 spiro atoms. The highest BCUT2D eigenvalue weighted by atomic mass is 32.2. The normalized spacial score (nSPS) is 21.1. The maximum Gasteiger partial charge on any atom is 0.257 e. The Balaban J connectivity index is 1.37. The van der Waals surface area contributed by atoms with Gasteiger partial charge in [-0.05, 0) is 74.7 Å². The van der Waals surface area contributed by atoms with Crippen LogP contribution >= 0.6 is 0 Å². The zero-order valence-electron chi connectivity index (χ0n) is 22.3. The Morgan fingerprint density at radius 3 is 2.59 bits per heavy atom. The molecule has 4 heterocycles. The molecule has 9 nitrogen and oxygen atoms in total. The summed E-state index contributed by atoms with van der Waals surface area (Å²) < 4.78 is 29.9. The molecule has 202 valence electrons. The van der Waals surface area contributed by atoms with Crippen LogP contribution in [0.2, 0.25) is 0 Å². The Labute approximate surface area is 228 Å². The van der Waals surface area contributed by atoms with Gasteiger partial charge in [0.2, 0.25) is 5.95 Å². The van der Waals surface area contributed by atoms with Gasteiger partial charge in [-0.3, -0.25) is 13.7 Å². The van der Waals surface area contributed by atoms with Gasteiger partial charge in [0.1, 0.15) is 5.65 Å². The monoisotopic (exact) mass is 544 g/mol. The van der Waals surface area contributed by atoms with E-state index in [1.807, 2.05) is 30.3 Å². The third-order valence-corrected chi connectivity index (χ3v) is 9.98. The van der Waals surface area contributed by atoms with E-state index in [-0.39, 0.29) is 17.6 Å². The van der Waals surface area contributed by atoms with Gasteiger partial charge in [0, 0.05) is 42.8 Å². The van der Waals surface area contributed by atoms with Crippen molar-refractivity contribution in [3.8, 4) is 0 Å². The minimum atomic E-state index is -3.88. The fraction of sp³-hybridized carbons (Fsp3) is 0.345. The molecule has 0 saturated carbocycles. The maximum absolute atomic E-state index is 13.6. The summed E-state index contributed by atoms with van der Waals surface area (Å²) in [5.74, 6) is 0.819. The molecule has 10 heteroatoms. The Bertz CT molecular complexity index is 1720. The van der Waals surface area contributed by atoms with Crippen molar-refractivity contribution in [2.75, 3.05) is 36.8 Å². The van der Waals surface area contributed by atoms with Crippen LogP contribution in [0.3, 0.4) is 0 Å². The van der Waals surface area contributed by atoms with E-state index in [2.05, 4.69) is 39.4 Å². The molecule has 0 radical (unpaired) electrons. The molecule has 2 aromatic carbocycles. The van der Waals surface area contributed by atoms with Gasteiger partial charge in [-0.15, -0.1) is 0 Å². The number of nitrogens with zero attached hydrogens (tertiary/aromatic N) is 5. The molecule has 2 aromatic heterocycles. The number of likely N-dealkylation sites (N-methyl/N-ethyl adjacent to an activating group) is 1. The first-order valence-electron chi connectivity index (χ1n) is 13.2. The average molecular weight is 545 g/mol. The molecule has 0 bridgehead atoms. The minimum absolute atomic E-state index is 0.173. The number of pyridine rings is 1. The second-order valence-corrected chi connectivity index (χ2v) is 12.7. The maximum atomic E-state index is 13.6. The minimum Gasteiger partial charge on any atom is -0.324 e. The van der Waals surface area contributed by atoms with E-state index < -0.39 is 15.4 Å². The molecule has 2 atom stereocenters. The van der Waals surface area contributed by atoms with Crippen LogP contribution in [0.4, 0.5) is 17.3 Å². The Hall–Kier alpha value is -3.76. The largest absolute Gasteiger partial charge is 0.324 e. The summed E-state index contributed by atoms with van der Waals surface area (Å²) in [7, 11) is -0.188. The predicted molar refractivity (Wildman–Crippen MR) is 154 cm³/mol. The first kappa shape index (κ1) is 25.5. The molecule has 1 fully saturated rings. The van der Waals surface area contributed by atoms with Crippen molar-refractivity contribution in [3.63, 3.8) is 0 Å². The van der Waals surface area contributed by atoms with E-state index in [9.17, 15) is 13.2 Å². The van der Waals surface area contributed by atoms with Crippen molar-refractivity contribution >= 4 is 38.4 Å². The average Bonchev–Trinajstić information content (AvgIpc) is 2.93. The lowest BCUT2D eigenvalue weighted by atomic mass is 9.91. The number of sulfonamides is 1. The van der Waals surface area contributed by atoms with Gasteiger partial charge in [0.05, 0.1) is 5.69 Å². The first-order valence-corrected chi connectivity index (χ1v) is 14.7. The van der Waals surface area contributed by atoms with Crippen LogP contribution < -0.4 is 15.2 Å². The summed E-state index contributed by atoms with van der Waals surface area (Å²) in [6.07, 6.45) is 4.19. The molecule has 1 saturated heterocycles. The number of hydrogen-bond acceptors (Lipinski definition) is 7. The van der Waals surface area contributed by atoms with Crippen LogP contribution in [0.25, 0.3) is 11.0 Å². The molecular weight excluding hydrogens is 512 g/mol. The Morgan fingerprint density at radius 1 is 1.05 bits per heavy atom. The number of hydrogen-bond donors (Lipinski definition) is 1. The molecule has 0 aliphatic carbocycles. The standard InChI is InChI=1S/C29H32N6O3S/c1-19-15-23-17-30-29(31-24-12-10-20(11-13-24)22-8-6-14-33(2)18-22)32-27(23)35(28(19)36)26-16-21-7-4-5-9-25(21)34(3)39(26,37)38/h4-5,7,9-13,15,17,22,26H,6,8,14,16,18H2,1-3H3,(H,30,31,32). The van der Waals surface area contributed by atoms with Gasteiger partial charge in [-0.25, -0.2) is 13.4 Å². The smallest absolute Gasteiger partial charge is 0.257 e. The zero-order chi connectivity index (χ0) is 27.3. The summed E-state index contributed by atoms with van der Waals surface area (Å²) in [5, 5.41) is 2.72. The molecule has 6 rings (SSSR count). The van der Waals surface area contributed by atoms with Crippen molar-refractivity contribution in [2.45, 2.75) is 37.5 Å². The quantitative estimate of drug-likeness (QED) is 0.412. The number of anilines is 3. The van der Waals surface area contributed by atoms with Crippen LogP contribution in [-0.4, -0.2) is 55.0 Å². The molecule has 2 aliphatic rings. The van der Waals surface area contributed by atoms with Gasteiger partial charge < -0.3 is 10.2 Å². The summed E-state index contributed by atoms with van der Waals surface area (Å²) in [4.78, 5) is 25.0. The number of rotatable bonds is 4. The Morgan fingerprint density at radius 2 is 1.82 bits per heavy atom. The highest BCUT2D eigenvalue weighted by molar-refractivity contribution is 7.92. The zero-order valence-corrected chi connectivity index (χ0v) is 23.1. The third kappa shape index (κ3) is 4.57. The van der Waals surface area contributed by atoms with Crippen LogP contribution in [0, 0.1) is 6.92 Å². The number of fused-ring (bicyclic) bond motifs is 2. The number of likely N-dealkylation sites (tertiary alicyclic amines) is 1. The fourth-order valence-electron chi connectivity index (χ4n) is 5.82. The molecule has 1 N–H and O–H groups in total. The number of nitrogens with one attached hydrogen (secondary N) is 1. The second-order valence-electron chi connectivity index (χ2n) is 10.6. The molecular formula is C29H32N6O3S. The number of aryl methyl sites for hydroxylation is 1. The van der Waals surface area contributed by atoms with E-state index in [4.69, 9.17) is 0 Å². The molecule has 2 unspecified atom stereocenters. The van der Waals surface area contributed by atoms with Crippen LogP contribution in [0.15, 0.2) is 65.6 Å². The SMILES string of the molecule is Cc1cc2cnc(Nc3ccc(C4CCCN(C)C4)cc3)nc2n(C2Cc3ccccc3N(C)S2(=O)=O)c1=O. The third-order valence-electron chi connectivity index (χ3n) is 7.95. The van der Waals surface area contributed by atoms with E-state index in [1.165, 1.54) is 34.3 Å². The van der Waals surface area contributed by atoms with Crippen LogP contribution in [0.5, 0.6) is 0 Å². The summed E-state index contributed by atoms with van der Waals surface area (Å²) in [6.45, 7) is 3.88. The van der Waals surface area contributed by atoms with Crippen molar-refractivity contribution < 1.29 is 8.42 Å². The van der Waals surface area contributed by atoms with Crippen molar-refractivity contribution in [1.82, 2.24) is 19.4 Å². The molecule has 0 amide bonds. The molecule has 2 aliphatic heterocycles. The van der Waals surface area contributed by atoms with E-state index >= 15 is 0 Å². The van der Waals surface area contributed by atoms with E-state index in [0.717, 1.165) is 24.3 Å². The summed E-state index contributed by atoms with van der Waals surface area (Å²) >= 11 is 0. The number of benzene rings is 2. The van der Waals surface area contributed by atoms with Crippen LogP contribution in [-0.2, 0) is 16.4 Å². The fourth-order valence-corrected chi connectivity index (χ4v) is 7.49. The molecule has 4 aromatic rings. The predicted octanol–water partition coefficient (Wildman–Crippen LogP) is 4.17. The lowest BCUT2D eigenvalue weighted by Crippen LogP contribution is -2.43. The second kappa shape index (κ2) is 9.77. The lowest BCUT2D eigenvalue weighted by Gasteiger charge is -2.34. The van der Waals surface area contributed by atoms with Crippen molar-refractivity contribution in [1.29, 1.82) is 0 Å².